The molecule has 0 aromatic heterocycles. The van der Waals surface area contributed by atoms with Gasteiger partial charge >= 0.3 is 0 Å². The Morgan fingerprint density at radius 1 is 1.39 bits per heavy atom. The monoisotopic (exact) mass is 321 g/mol. The second kappa shape index (κ2) is 8.41. The highest BCUT2D eigenvalue weighted by atomic mass is 19.1. The summed E-state index contributed by atoms with van der Waals surface area (Å²) in [5.41, 5.74) is 6.69. The number of hydrogen-bond acceptors (Lipinski definition) is 3. The second-order valence-corrected chi connectivity index (χ2v) is 6.57. The molecule has 1 aromatic carbocycles. The van der Waals surface area contributed by atoms with Crippen LogP contribution in [0.3, 0.4) is 0 Å². The number of hydrogen-bond donors (Lipinski definition) is 1. The molecule has 2 rings (SSSR count). The summed E-state index contributed by atoms with van der Waals surface area (Å²) < 4.78 is 14.2. The Balaban J connectivity index is 2.17. The van der Waals surface area contributed by atoms with Crippen LogP contribution in [0.5, 0.6) is 0 Å². The zero-order valence-electron chi connectivity index (χ0n) is 14.2. The number of likely N-dealkylation sites (N-methyl/N-ethyl adjacent to an activating group) is 1. The highest BCUT2D eigenvalue weighted by Gasteiger charge is 2.25. The average molecular weight is 321 g/mol. The molecule has 1 atom stereocenters. The predicted molar refractivity (Wildman–Crippen MR) is 91.0 cm³/mol. The van der Waals surface area contributed by atoms with Crippen molar-refractivity contribution in [1.82, 2.24) is 9.80 Å². The van der Waals surface area contributed by atoms with Crippen LogP contribution in [0.1, 0.15) is 41.6 Å². The van der Waals surface area contributed by atoms with Crippen LogP contribution >= 0.6 is 0 Å². The number of likely N-dealkylation sites (tertiary alicyclic amines) is 1. The van der Waals surface area contributed by atoms with Crippen LogP contribution in [0.4, 0.5) is 4.39 Å². The van der Waals surface area contributed by atoms with E-state index in [0.717, 1.165) is 37.7 Å². The van der Waals surface area contributed by atoms with Gasteiger partial charge in [-0.3, -0.25) is 4.79 Å². The van der Waals surface area contributed by atoms with Crippen molar-refractivity contribution in [1.29, 1.82) is 0 Å². The number of halogens is 1. The molecule has 0 radical (unpaired) electrons. The molecular formula is C18H28FN3O. The Labute approximate surface area is 138 Å². The summed E-state index contributed by atoms with van der Waals surface area (Å²) in [6, 6.07) is 5.18. The van der Waals surface area contributed by atoms with Crippen LogP contribution in [0.15, 0.2) is 18.2 Å². The van der Waals surface area contributed by atoms with Gasteiger partial charge in [-0.2, -0.15) is 0 Å². The standard InChI is InChI=1S/C18H28FN3O/c1-21(2)15-7-3-4-11-22(13-15)18(23)16-12-14(6-5-10-20)8-9-17(16)19/h8-9,12,15H,3-7,10-11,13,20H2,1-2H3/t15-/m0/s1. The van der Waals surface area contributed by atoms with Crippen molar-refractivity contribution in [3.05, 3.63) is 35.1 Å². The average Bonchev–Trinajstić information content (AvgIpc) is 2.79. The molecule has 1 fully saturated rings. The first-order valence-corrected chi connectivity index (χ1v) is 8.47. The molecule has 1 aliphatic heterocycles. The van der Waals surface area contributed by atoms with Gasteiger partial charge in [-0.05, 0) is 64.0 Å². The molecule has 0 unspecified atom stereocenters. The lowest BCUT2D eigenvalue weighted by molar-refractivity contribution is 0.0720. The van der Waals surface area contributed by atoms with Crippen LogP contribution in [0.2, 0.25) is 0 Å². The summed E-state index contributed by atoms with van der Waals surface area (Å²) in [6.45, 7) is 1.96. The van der Waals surface area contributed by atoms with Crippen molar-refractivity contribution in [3.8, 4) is 0 Å². The number of nitrogens with two attached hydrogens (primary N) is 1. The van der Waals surface area contributed by atoms with Gasteiger partial charge < -0.3 is 15.5 Å². The molecule has 0 aliphatic carbocycles. The fourth-order valence-corrected chi connectivity index (χ4v) is 3.09. The van der Waals surface area contributed by atoms with Gasteiger partial charge in [0.05, 0.1) is 5.56 Å². The number of rotatable bonds is 5. The van der Waals surface area contributed by atoms with Gasteiger partial charge in [0.1, 0.15) is 5.82 Å². The van der Waals surface area contributed by atoms with Gasteiger partial charge in [-0.25, -0.2) is 4.39 Å². The number of nitrogens with zero attached hydrogens (tertiary/aromatic N) is 2. The molecule has 1 amide bonds. The van der Waals surface area contributed by atoms with Crippen molar-refractivity contribution in [2.24, 2.45) is 5.73 Å². The van der Waals surface area contributed by atoms with Gasteiger partial charge in [0.2, 0.25) is 0 Å². The van der Waals surface area contributed by atoms with Crippen LogP contribution in [-0.2, 0) is 6.42 Å². The van der Waals surface area contributed by atoms with Crippen molar-refractivity contribution in [2.75, 3.05) is 33.7 Å². The van der Waals surface area contributed by atoms with Gasteiger partial charge in [0, 0.05) is 19.1 Å². The van der Waals surface area contributed by atoms with E-state index in [1.807, 2.05) is 19.0 Å². The molecule has 1 aromatic rings. The summed E-state index contributed by atoms with van der Waals surface area (Å²) in [4.78, 5) is 16.8. The first-order valence-electron chi connectivity index (χ1n) is 8.47. The molecule has 4 nitrogen and oxygen atoms in total. The zero-order valence-corrected chi connectivity index (χ0v) is 14.2. The second-order valence-electron chi connectivity index (χ2n) is 6.57. The molecule has 1 aliphatic rings. The number of carbonyl (C=O) groups excluding carboxylic acids is 1. The summed E-state index contributed by atoms with van der Waals surface area (Å²) in [6.07, 6.45) is 4.77. The largest absolute Gasteiger partial charge is 0.337 e. The molecular weight excluding hydrogens is 293 g/mol. The zero-order chi connectivity index (χ0) is 16.8. The fraction of sp³-hybridized carbons (Fsp3) is 0.611. The maximum absolute atomic E-state index is 14.2. The van der Waals surface area contributed by atoms with Crippen LogP contribution < -0.4 is 5.73 Å². The normalized spacial score (nSPS) is 19.0. The lowest BCUT2D eigenvalue weighted by atomic mass is 10.0. The van der Waals surface area contributed by atoms with Gasteiger partial charge in [-0.1, -0.05) is 12.5 Å². The van der Waals surface area contributed by atoms with E-state index in [4.69, 9.17) is 5.73 Å². The van der Waals surface area contributed by atoms with Gasteiger partial charge in [0.15, 0.2) is 0 Å². The Morgan fingerprint density at radius 2 is 2.17 bits per heavy atom. The van der Waals surface area contributed by atoms with E-state index >= 15 is 0 Å². The number of amides is 1. The highest BCUT2D eigenvalue weighted by Crippen LogP contribution is 2.19. The SMILES string of the molecule is CN(C)[C@H]1CCCCN(C(=O)c2cc(CCCN)ccc2F)C1. The minimum Gasteiger partial charge on any atom is -0.337 e. The molecule has 0 saturated carbocycles. The number of aryl methyl sites for hydroxylation is 1. The summed E-state index contributed by atoms with van der Waals surface area (Å²) in [5.74, 6) is -0.622. The minimum atomic E-state index is -0.433. The molecule has 2 N–H and O–H groups in total. The topological polar surface area (TPSA) is 49.6 Å². The van der Waals surface area contributed by atoms with Crippen LogP contribution in [0.25, 0.3) is 0 Å². The molecule has 5 heteroatoms. The van der Waals surface area contributed by atoms with E-state index in [0.29, 0.717) is 25.7 Å². The minimum absolute atomic E-state index is 0.189. The highest BCUT2D eigenvalue weighted by molar-refractivity contribution is 5.94. The molecule has 0 spiro atoms. The van der Waals surface area contributed by atoms with Crippen LogP contribution in [-0.4, -0.2) is 55.5 Å². The lowest BCUT2D eigenvalue weighted by Gasteiger charge is -2.28. The Morgan fingerprint density at radius 3 is 2.87 bits per heavy atom. The Bertz CT molecular complexity index is 533. The fourth-order valence-electron chi connectivity index (χ4n) is 3.09. The van der Waals surface area contributed by atoms with E-state index in [2.05, 4.69) is 4.90 Å². The Hall–Kier alpha value is -1.46. The smallest absolute Gasteiger partial charge is 0.256 e. The molecule has 1 saturated heterocycles. The van der Waals surface area contributed by atoms with Crippen molar-refractivity contribution in [2.45, 2.75) is 38.1 Å². The summed E-state index contributed by atoms with van der Waals surface area (Å²) >= 11 is 0. The number of carbonyl (C=O) groups is 1. The van der Waals surface area contributed by atoms with E-state index in [1.165, 1.54) is 6.07 Å². The predicted octanol–water partition coefficient (Wildman–Crippen LogP) is 2.27. The quantitative estimate of drug-likeness (QED) is 0.905. The first kappa shape index (κ1) is 17.9. The maximum atomic E-state index is 14.2. The first-order chi connectivity index (χ1) is 11.0. The van der Waals surface area contributed by atoms with Crippen LogP contribution in [0, 0.1) is 5.82 Å². The molecule has 0 bridgehead atoms. The molecule has 128 valence electrons. The van der Waals surface area contributed by atoms with Crippen molar-refractivity contribution in [3.63, 3.8) is 0 Å². The van der Waals surface area contributed by atoms with E-state index in [9.17, 15) is 9.18 Å². The van der Waals surface area contributed by atoms with Crippen molar-refractivity contribution >= 4 is 5.91 Å². The maximum Gasteiger partial charge on any atom is 0.256 e. The van der Waals surface area contributed by atoms with E-state index < -0.39 is 5.82 Å². The molecule has 1 heterocycles. The van der Waals surface area contributed by atoms with Crippen molar-refractivity contribution < 1.29 is 9.18 Å². The van der Waals surface area contributed by atoms with Gasteiger partial charge in [0.25, 0.3) is 5.91 Å². The number of benzene rings is 1. The lowest BCUT2D eigenvalue weighted by Crippen LogP contribution is -2.42. The third kappa shape index (κ3) is 4.75. The van der Waals surface area contributed by atoms with E-state index in [1.54, 1.807) is 12.1 Å². The molecule has 23 heavy (non-hydrogen) atoms. The summed E-state index contributed by atoms with van der Waals surface area (Å²) in [7, 11) is 4.07. The summed E-state index contributed by atoms with van der Waals surface area (Å²) in [5, 5.41) is 0. The van der Waals surface area contributed by atoms with Gasteiger partial charge in [-0.15, -0.1) is 0 Å². The third-order valence-electron chi connectivity index (χ3n) is 4.59. The Kier molecular flexibility index (Phi) is 6.54. The van der Waals surface area contributed by atoms with E-state index in [-0.39, 0.29) is 11.5 Å². The third-order valence-corrected chi connectivity index (χ3v) is 4.59.